The molecular formula is C17H16ClFO2. The maximum absolute atomic E-state index is 13.0. The molecule has 0 unspecified atom stereocenters. The van der Waals surface area contributed by atoms with Gasteiger partial charge in [-0.05, 0) is 49.7 Å². The Morgan fingerprint density at radius 3 is 2.33 bits per heavy atom. The highest BCUT2D eigenvalue weighted by atomic mass is 35.5. The van der Waals surface area contributed by atoms with E-state index in [4.69, 9.17) is 16.3 Å². The summed E-state index contributed by atoms with van der Waals surface area (Å²) in [7, 11) is 1.50. The molecule has 0 aliphatic rings. The summed E-state index contributed by atoms with van der Waals surface area (Å²) in [5, 5.41) is 0.452. The van der Waals surface area contributed by atoms with Gasteiger partial charge in [0.25, 0.3) is 0 Å². The van der Waals surface area contributed by atoms with Crippen LogP contribution in [0.5, 0.6) is 5.75 Å². The molecule has 4 heteroatoms. The molecular weight excluding hydrogens is 291 g/mol. The van der Waals surface area contributed by atoms with Crippen LogP contribution in [0, 0.1) is 5.82 Å². The highest BCUT2D eigenvalue weighted by molar-refractivity contribution is 6.32. The second-order valence-electron chi connectivity index (χ2n) is 5.31. The van der Waals surface area contributed by atoms with Crippen molar-refractivity contribution < 1.29 is 13.9 Å². The molecule has 2 rings (SSSR count). The number of hydrogen-bond donors (Lipinski definition) is 0. The maximum Gasteiger partial charge on any atom is 0.172 e. The van der Waals surface area contributed by atoms with Gasteiger partial charge >= 0.3 is 0 Å². The van der Waals surface area contributed by atoms with E-state index in [2.05, 4.69) is 0 Å². The normalized spacial score (nSPS) is 11.3. The number of ether oxygens (including phenoxy) is 1. The van der Waals surface area contributed by atoms with Crippen LogP contribution < -0.4 is 4.74 Å². The Morgan fingerprint density at radius 1 is 1.14 bits per heavy atom. The van der Waals surface area contributed by atoms with Crippen LogP contribution in [0.2, 0.25) is 5.02 Å². The van der Waals surface area contributed by atoms with Crippen molar-refractivity contribution in [1.82, 2.24) is 0 Å². The van der Waals surface area contributed by atoms with Crippen molar-refractivity contribution in [3.05, 3.63) is 64.4 Å². The average Bonchev–Trinajstić information content (AvgIpc) is 2.47. The van der Waals surface area contributed by atoms with Gasteiger partial charge in [0.1, 0.15) is 11.6 Å². The number of halogens is 2. The van der Waals surface area contributed by atoms with Crippen LogP contribution in [0.15, 0.2) is 42.5 Å². The van der Waals surface area contributed by atoms with E-state index in [1.54, 1.807) is 30.3 Å². The Hall–Kier alpha value is -1.87. The van der Waals surface area contributed by atoms with Crippen molar-refractivity contribution in [3.8, 4) is 5.75 Å². The lowest BCUT2D eigenvalue weighted by molar-refractivity contribution is 0.0908. The molecule has 0 aliphatic heterocycles. The Kier molecular flexibility index (Phi) is 4.33. The van der Waals surface area contributed by atoms with E-state index in [0.29, 0.717) is 16.3 Å². The van der Waals surface area contributed by atoms with Crippen LogP contribution >= 0.6 is 11.6 Å². The third-order valence-electron chi connectivity index (χ3n) is 3.55. The van der Waals surface area contributed by atoms with Crippen molar-refractivity contribution in [3.63, 3.8) is 0 Å². The van der Waals surface area contributed by atoms with E-state index in [1.807, 2.05) is 13.8 Å². The Bertz CT molecular complexity index is 663. The molecule has 0 amide bonds. The molecule has 0 spiro atoms. The van der Waals surface area contributed by atoms with E-state index < -0.39 is 5.41 Å². The maximum atomic E-state index is 13.0. The molecule has 0 fully saturated rings. The molecule has 0 N–H and O–H groups in total. The highest BCUT2D eigenvalue weighted by Crippen LogP contribution is 2.31. The Morgan fingerprint density at radius 2 is 1.76 bits per heavy atom. The summed E-state index contributed by atoms with van der Waals surface area (Å²) < 4.78 is 18.2. The minimum absolute atomic E-state index is 0.0796. The van der Waals surface area contributed by atoms with Crippen molar-refractivity contribution in [2.45, 2.75) is 19.3 Å². The predicted molar refractivity (Wildman–Crippen MR) is 81.8 cm³/mol. The predicted octanol–water partition coefficient (Wildman–Crippen LogP) is 4.65. The lowest BCUT2D eigenvalue weighted by atomic mass is 9.78. The lowest BCUT2D eigenvalue weighted by Gasteiger charge is -2.24. The minimum Gasteiger partial charge on any atom is -0.495 e. The zero-order valence-corrected chi connectivity index (χ0v) is 12.9. The van der Waals surface area contributed by atoms with Crippen molar-refractivity contribution in [1.29, 1.82) is 0 Å². The summed E-state index contributed by atoms with van der Waals surface area (Å²) in [6, 6.07) is 10.9. The first-order valence-electron chi connectivity index (χ1n) is 6.50. The second kappa shape index (κ2) is 5.86. The van der Waals surface area contributed by atoms with Gasteiger partial charge in [0.15, 0.2) is 5.78 Å². The molecule has 2 nitrogen and oxygen atoms in total. The van der Waals surface area contributed by atoms with E-state index in [1.165, 1.54) is 19.2 Å². The van der Waals surface area contributed by atoms with Crippen molar-refractivity contribution >= 4 is 17.4 Å². The van der Waals surface area contributed by atoms with Gasteiger partial charge in [-0.3, -0.25) is 4.79 Å². The van der Waals surface area contributed by atoms with Gasteiger partial charge in [0.2, 0.25) is 0 Å². The summed E-state index contributed by atoms with van der Waals surface area (Å²) in [6.07, 6.45) is 0. The van der Waals surface area contributed by atoms with Crippen LogP contribution in [0.4, 0.5) is 4.39 Å². The van der Waals surface area contributed by atoms with Gasteiger partial charge in [-0.2, -0.15) is 0 Å². The first kappa shape index (κ1) is 15.5. The lowest BCUT2D eigenvalue weighted by Crippen LogP contribution is -2.29. The Labute approximate surface area is 128 Å². The number of carbonyl (C=O) groups is 1. The Balaban J connectivity index is 2.40. The summed E-state index contributed by atoms with van der Waals surface area (Å²) in [5.41, 5.74) is 0.486. The molecule has 0 radical (unpaired) electrons. The number of ketones is 1. The fraction of sp³-hybridized carbons (Fsp3) is 0.235. The smallest absolute Gasteiger partial charge is 0.172 e. The highest BCUT2D eigenvalue weighted by Gasteiger charge is 2.31. The van der Waals surface area contributed by atoms with Crippen LogP contribution in [-0.4, -0.2) is 12.9 Å². The first-order chi connectivity index (χ1) is 9.86. The molecule has 0 atom stereocenters. The van der Waals surface area contributed by atoms with Gasteiger partial charge < -0.3 is 4.74 Å². The molecule has 0 saturated carbocycles. The molecule has 0 aliphatic carbocycles. The summed E-state index contributed by atoms with van der Waals surface area (Å²) in [4.78, 5) is 12.7. The molecule has 0 heterocycles. The van der Waals surface area contributed by atoms with Gasteiger partial charge in [-0.25, -0.2) is 4.39 Å². The summed E-state index contributed by atoms with van der Waals surface area (Å²) in [5.74, 6) is 0.0525. The average molecular weight is 307 g/mol. The molecule has 2 aromatic carbocycles. The third-order valence-corrected chi connectivity index (χ3v) is 3.86. The molecule has 0 saturated heterocycles. The van der Waals surface area contributed by atoms with Gasteiger partial charge in [0.05, 0.1) is 17.5 Å². The zero-order chi connectivity index (χ0) is 15.6. The third kappa shape index (κ3) is 3.08. The SMILES string of the molecule is COc1cc(C(=O)C(C)(C)c2ccc(F)cc2)ccc1Cl. The number of carbonyl (C=O) groups excluding carboxylic acids is 1. The van der Waals surface area contributed by atoms with Gasteiger partial charge in [0, 0.05) is 5.56 Å². The molecule has 2 aromatic rings. The number of Topliss-reactive ketones (excluding diaryl/α,β-unsaturated/α-hetero) is 1. The monoisotopic (exact) mass is 306 g/mol. The summed E-state index contributed by atoms with van der Waals surface area (Å²) in [6.45, 7) is 3.62. The number of benzene rings is 2. The zero-order valence-electron chi connectivity index (χ0n) is 12.1. The molecule has 0 bridgehead atoms. The molecule has 21 heavy (non-hydrogen) atoms. The van der Waals surface area contributed by atoms with Gasteiger partial charge in [-0.15, -0.1) is 0 Å². The van der Waals surface area contributed by atoms with Crippen LogP contribution in [0.25, 0.3) is 0 Å². The van der Waals surface area contributed by atoms with E-state index in [0.717, 1.165) is 5.56 Å². The van der Waals surface area contributed by atoms with Crippen LogP contribution in [0.1, 0.15) is 29.8 Å². The number of rotatable bonds is 4. The fourth-order valence-corrected chi connectivity index (χ4v) is 2.35. The van der Waals surface area contributed by atoms with Crippen LogP contribution in [-0.2, 0) is 5.41 Å². The standard InChI is InChI=1S/C17H16ClFO2/c1-17(2,12-5-7-13(19)8-6-12)16(20)11-4-9-14(18)15(10-11)21-3/h4-10H,1-3H3. The molecule has 0 aromatic heterocycles. The largest absolute Gasteiger partial charge is 0.495 e. The fourth-order valence-electron chi connectivity index (χ4n) is 2.16. The van der Waals surface area contributed by atoms with E-state index in [-0.39, 0.29) is 11.6 Å². The van der Waals surface area contributed by atoms with Crippen molar-refractivity contribution in [2.24, 2.45) is 0 Å². The van der Waals surface area contributed by atoms with E-state index >= 15 is 0 Å². The van der Waals surface area contributed by atoms with Gasteiger partial charge in [-0.1, -0.05) is 23.7 Å². The topological polar surface area (TPSA) is 26.3 Å². The quantitative estimate of drug-likeness (QED) is 0.769. The first-order valence-corrected chi connectivity index (χ1v) is 6.88. The number of methoxy groups -OCH3 is 1. The number of hydrogen-bond acceptors (Lipinski definition) is 2. The summed E-state index contributed by atoms with van der Waals surface area (Å²) >= 11 is 5.97. The van der Waals surface area contributed by atoms with E-state index in [9.17, 15) is 9.18 Å². The second-order valence-corrected chi connectivity index (χ2v) is 5.72. The van der Waals surface area contributed by atoms with Crippen LogP contribution in [0.3, 0.4) is 0 Å². The minimum atomic E-state index is -0.771. The molecule has 110 valence electrons. The van der Waals surface area contributed by atoms with Crippen molar-refractivity contribution in [2.75, 3.05) is 7.11 Å².